The molecule has 4 heteroatoms. The molecule has 1 heterocycles. The van der Waals surface area contributed by atoms with E-state index in [0.29, 0.717) is 0 Å². The summed E-state index contributed by atoms with van der Waals surface area (Å²) < 4.78 is 0. The fourth-order valence-corrected chi connectivity index (χ4v) is 2.12. The van der Waals surface area contributed by atoms with Crippen LogP contribution in [0.5, 0.6) is 0 Å². The fourth-order valence-electron chi connectivity index (χ4n) is 2.12. The molecule has 2 aliphatic rings. The third-order valence-electron chi connectivity index (χ3n) is 2.85. The molecule has 1 unspecified atom stereocenters. The van der Waals surface area contributed by atoms with Gasteiger partial charge in [0, 0.05) is 13.3 Å². The quantitative estimate of drug-likeness (QED) is 0.698. The Morgan fingerprint density at radius 2 is 2.06 bits per heavy atom. The van der Waals surface area contributed by atoms with Gasteiger partial charge in [-0.3, -0.25) is 10.7 Å². The van der Waals surface area contributed by atoms with Gasteiger partial charge < -0.3 is 5.32 Å². The van der Waals surface area contributed by atoms with Gasteiger partial charge in [0.15, 0.2) is 6.29 Å². The van der Waals surface area contributed by atoms with Crippen molar-refractivity contribution in [3.8, 4) is 0 Å². The predicted octanol–water partition coefficient (Wildman–Crippen LogP) is 3.73. The Kier molecular flexibility index (Phi) is 8.18. The molecule has 104 valence electrons. The number of aliphatic imine (C=N–C) groups is 1. The van der Waals surface area contributed by atoms with Gasteiger partial charge in [0.25, 0.3) is 0 Å². The van der Waals surface area contributed by atoms with Crippen LogP contribution in [-0.4, -0.2) is 12.5 Å². The maximum atomic E-state index is 5.73. The van der Waals surface area contributed by atoms with Crippen molar-refractivity contribution in [2.45, 2.75) is 46.8 Å². The fraction of sp³-hybridized carbons (Fsp3) is 0.500. The number of allylic oxidation sites excluding steroid dienone is 4. The largest absolute Gasteiger partial charge is 0.351 e. The lowest BCUT2D eigenvalue weighted by molar-refractivity contribution is 0.614. The minimum atomic E-state index is -0.306. The smallest absolute Gasteiger partial charge is 0.171 e. The van der Waals surface area contributed by atoms with Crippen LogP contribution in [0, 0.1) is 0 Å². The van der Waals surface area contributed by atoms with E-state index in [-0.39, 0.29) is 31.7 Å². The standard InChI is InChI=1S/C12H17N3.C2H6.HI.H2/c1-8-4-3-5-9(2)11(8)10-6-7-14-12(13)15-10;1-2;;/h4,6-7,12,15H,3,5,13H2,1-2H3;1-2H3;2*1H. The molecule has 2 rings (SSSR count). The molecule has 0 spiro atoms. The number of rotatable bonds is 1. The summed E-state index contributed by atoms with van der Waals surface area (Å²) in [6.45, 7) is 8.34. The van der Waals surface area contributed by atoms with Crippen LogP contribution in [0.15, 0.2) is 39.6 Å². The highest BCUT2D eigenvalue weighted by Crippen LogP contribution is 2.29. The lowest BCUT2D eigenvalue weighted by Gasteiger charge is -2.24. The van der Waals surface area contributed by atoms with Crippen LogP contribution in [0.1, 0.15) is 42.0 Å². The summed E-state index contributed by atoms with van der Waals surface area (Å²) in [5.74, 6) is 0. The Bertz CT molecular complexity index is 397. The van der Waals surface area contributed by atoms with Crippen LogP contribution in [0.3, 0.4) is 0 Å². The molecule has 0 aromatic carbocycles. The highest BCUT2D eigenvalue weighted by molar-refractivity contribution is 14.0. The molecule has 3 N–H and O–H groups in total. The summed E-state index contributed by atoms with van der Waals surface area (Å²) in [5, 5.41) is 3.19. The highest BCUT2D eigenvalue weighted by Gasteiger charge is 2.16. The molecule has 3 nitrogen and oxygen atoms in total. The molecule has 0 saturated carbocycles. The molecule has 1 aliphatic heterocycles. The van der Waals surface area contributed by atoms with E-state index in [1.54, 1.807) is 6.21 Å². The summed E-state index contributed by atoms with van der Waals surface area (Å²) in [5.41, 5.74) is 10.9. The molecule has 0 bridgehead atoms. The van der Waals surface area contributed by atoms with Crippen molar-refractivity contribution < 1.29 is 1.43 Å². The van der Waals surface area contributed by atoms with Gasteiger partial charge in [-0.25, -0.2) is 0 Å². The Morgan fingerprint density at radius 3 is 2.61 bits per heavy atom. The highest BCUT2D eigenvalue weighted by atomic mass is 127. The Balaban J connectivity index is 0. The topological polar surface area (TPSA) is 50.4 Å². The summed E-state index contributed by atoms with van der Waals surface area (Å²) in [6, 6.07) is 0. The van der Waals surface area contributed by atoms with Gasteiger partial charge in [0.2, 0.25) is 0 Å². The molecule has 1 aliphatic carbocycles. The molecule has 0 saturated heterocycles. The molecule has 0 aromatic heterocycles. The third kappa shape index (κ3) is 4.24. The lowest BCUT2D eigenvalue weighted by Crippen LogP contribution is -2.37. The molecule has 0 aromatic rings. The first kappa shape index (κ1) is 17.4. The van der Waals surface area contributed by atoms with E-state index < -0.39 is 0 Å². The second-order valence-electron chi connectivity index (χ2n) is 4.05. The van der Waals surface area contributed by atoms with Crippen molar-refractivity contribution in [2.24, 2.45) is 10.7 Å². The first-order chi connectivity index (χ1) is 8.18. The van der Waals surface area contributed by atoms with E-state index in [1.165, 1.54) is 16.7 Å². The van der Waals surface area contributed by atoms with Crippen LogP contribution in [0.4, 0.5) is 0 Å². The maximum absolute atomic E-state index is 5.73. The predicted molar refractivity (Wildman–Crippen MR) is 92.3 cm³/mol. The number of nitrogens with one attached hydrogen (secondary N) is 1. The summed E-state index contributed by atoms with van der Waals surface area (Å²) >= 11 is 0. The average molecular weight is 363 g/mol. The molecule has 0 radical (unpaired) electrons. The summed E-state index contributed by atoms with van der Waals surface area (Å²) in [7, 11) is 0. The maximum Gasteiger partial charge on any atom is 0.171 e. The van der Waals surface area contributed by atoms with Crippen LogP contribution >= 0.6 is 24.0 Å². The zero-order valence-electron chi connectivity index (χ0n) is 11.7. The van der Waals surface area contributed by atoms with Crippen molar-refractivity contribution in [3.05, 3.63) is 34.6 Å². The van der Waals surface area contributed by atoms with Gasteiger partial charge in [-0.2, -0.15) is 0 Å². The molecule has 18 heavy (non-hydrogen) atoms. The SMILES string of the molecule is CC.CC1=CCCC(C)=C1C1=CC=NC(N)N1.I.[HH]. The van der Waals surface area contributed by atoms with Gasteiger partial charge in [-0.1, -0.05) is 25.5 Å². The van der Waals surface area contributed by atoms with E-state index in [9.17, 15) is 0 Å². The van der Waals surface area contributed by atoms with Crippen molar-refractivity contribution in [1.29, 1.82) is 0 Å². The Labute approximate surface area is 129 Å². The van der Waals surface area contributed by atoms with Crippen molar-refractivity contribution in [1.82, 2.24) is 5.32 Å². The second kappa shape index (κ2) is 8.48. The van der Waals surface area contributed by atoms with Crippen molar-refractivity contribution in [3.63, 3.8) is 0 Å². The lowest BCUT2D eigenvalue weighted by atomic mass is 9.90. The van der Waals surface area contributed by atoms with Crippen LogP contribution < -0.4 is 11.1 Å². The van der Waals surface area contributed by atoms with Gasteiger partial charge in [-0.05, 0) is 43.9 Å². The van der Waals surface area contributed by atoms with Crippen molar-refractivity contribution >= 4 is 30.2 Å². The van der Waals surface area contributed by atoms with E-state index in [4.69, 9.17) is 5.73 Å². The van der Waals surface area contributed by atoms with Gasteiger partial charge in [0.05, 0.1) is 0 Å². The first-order valence-electron chi connectivity index (χ1n) is 6.31. The number of nitrogens with two attached hydrogens (primary N) is 1. The Hall–Kier alpha value is -0.620. The molecule has 1 atom stereocenters. The van der Waals surface area contributed by atoms with Crippen LogP contribution in [0.2, 0.25) is 0 Å². The zero-order valence-corrected chi connectivity index (χ0v) is 14.0. The zero-order chi connectivity index (χ0) is 12.8. The third-order valence-corrected chi connectivity index (χ3v) is 2.85. The molecule has 0 fully saturated rings. The number of nitrogens with zero attached hydrogens (tertiary/aromatic N) is 1. The van der Waals surface area contributed by atoms with E-state index in [2.05, 4.69) is 30.2 Å². The van der Waals surface area contributed by atoms with Gasteiger partial charge in [-0.15, -0.1) is 24.0 Å². The van der Waals surface area contributed by atoms with Crippen LogP contribution in [0.25, 0.3) is 0 Å². The first-order valence-corrected chi connectivity index (χ1v) is 6.31. The minimum absolute atomic E-state index is 0. The van der Waals surface area contributed by atoms with Gasteiger partial charge in [0.1, 0.15) is 0 Å². The average Bonchev–Trinajstić information content (AvgIpc) is 2.31. The van der Waals surface area contributed by atoms with E-state index in [1.807, 2.05) is 19.9 Å². The molecular weight excluding hydrogens is 337 g/mol. The second-order valence-corrected chi connectivity index (χ2v) is 4.05. The summed E-state index contributed by atoms with van der Waals surface area (Å²) in [6.07, 6.45) is 8.03. The number of hydrogen-bond donors (Lipinski definition) is 2. The van der Waals surface area contributed by atoms with Gasteiger partial charge >= 0.3 is 0 Å². The number of hydrogen-bond acceptors (Lipinski definition) is 3. The van der Waals surface area contributed by atoms with Crippen LogP contribution in [-0.2, 0) is 0 Å². The van der Waals surface area contributed by atoms with E-state index in [0.717, 1.165) is 18.5 Å². The Morgan fingerprint density at radius 1 is 1.39 bits per heavy atom. The molecular formula is C14H26IN3. The summed E-state index contributed by atoms with van der Waals surface area (Å²) in [4.78, 5) is 4.05. The number of halogens is 1. The van der Waals surface area contributed by atoms with Crippen molar-refractivity contribution in [2.75, 3.05) is 0 Å². The molecule has 0 amide bonds. The monoisotopic (exact) mass is 363 g/mol. The normalized spacial score (nSPS) is 21.9. The van der Waals surface area contributed by atoms with E-state index >= 15 is 0 Å². The minimum Gasteiger partial charge on any atom is -0.351 e.